The van der Waals surface area contributed by atoms with Crippen LogP contribution >= 0.6 is 0 Å². The molecule has 0 aliphatic heterocycles. The van der Waals surface area contributed by atoms with Gasteiger partial charge in [-0.05, 0) is 25.3 Å². The molecular formula is C11H16O2. The number of aldehydes is 1. The molecule has 0 bridgehead atoms. The average molecular weight is 180 g/mol. The molecule has 0 unspecified atom stereocenters. The van der Waals surface area contributed by atoms with Crippen LogP contribution in [0.4, 0.5) is 0 Å². The van der Waals surface area contributed by atoms with E-state index in [2.05, 4.69) is 6.58 Å². The van der Waals surface area contributed by atoms with Crippen LogP contribution in [-0.2, 0) is 9.53 Å². The van der Waals surface area contributed by atoms with Crippen molar-refractivity contribution in [2.24, 2.45) is 5.92 Å². The molecule has 0 fully saturated rings. The zero-order valence-electron chi connectivity index (χ0n) is 8.30. The van der Waals surface area contributed by atoms with E-state index in [0.717, 1.165) is 35.8 Å². The summed E-state index contributed by atoms with van der Waals surface area (Å²) in [5.74, 6) is 0.266. The lowest BCUT2D eigenvalue weighted by molar-refractivity contribution is -0.105. The molecule has 1 aliphatic rings. The van der Waals surface area contributed by atoms with E-state index in [1.54, 1.807) is 7.11 Å². The zero-order chi connectivity index (χ0) is 9.84. The summed E-state index contributed by atoms with van der Waals surface area (Å²) in [6.07, 6.45) is 2.95. The molecule has 0 aromatic heterocycles. The fraction of sp³-hybridized carbons (Fsp3) is 0.545. The minimum absolute atomic E-state index is 0.266. The molecule has 2 nitrogen and oxygen atoms in total. The predicted molar refractivity (Wildman–Crippen MR) is 52.5 cm³/mol. The lowest BCUT2D eigenvalue weighted by atomic mass is 9.95. The van der Waals surface area contributed by atoms with Gasteiger partial charge in [0.2, 0.25) is 0 Å². The largest absolute Gasteiger partial charge is 0.380 e. The van der Waals surface area contributed by atoms with Crippen molar-refractivity contribution in [3.8, 4) is 0 Å². The van der Waals surface area contributed by atoms with Crippen molar-refractivity contribution in [3.05, 3.63) is 23.3 Å². The summed E-state index contributed by atoms with van der Waals surface area (Å²) in [4.78, 5) is 10.9. The molecule has 0 aromatic rings. The third kappa shape index (κ3) is 2.07. The van der Waals surface area contributed by atoms with E-state index >= 15 is 0 Å². The maximum Gasteiger partial charge on any atom is 0.146 e. The van der Waals surface area contributed by atoms with Crippen molar-refractivity contribution in [2.45, 2.75) is 19.8 Å². The number of carbonyl (C=O) groups is 1. The van der Waals surface area contributed by atoms with E-state index in [0.29, 0.717) is 6.61 Å². The number of hydrogen-bond donors (Lipinski definition) is 0. The van der Waals surface area contributed by atoms with E-state index < -0.39 is 0 Å². The van der Waals surface area contributed by atoms with Crippen LogP contribution in [0.3, 0.4) is 0 Å². The third-order valence-corrected chi connectivity index (χ3v) is 2.56. The highest BCUT2D eigenvalue weighted by Crippen LogP contribution is 2.34. The molecule has 72 valence electrons. The smallest absolute Gasteiger partial charge is 0.146 e. The van der Waals surface area contributed by atoms with Crippen LogP contribution < -0.4 is 0 Å². The van der Waals surface area contributed by atoms with Crippen molar-refractivity contribution in [1.29, 1.82) is 0 Å². The van der Waals surface area contributed by atoms with Crippen molar-refractivity contribution in [1.82, 2.24) is 0 Å². The first kappa shape index (κ1) is 10.2. The quantitative estimate of drug-likeness (QED) is 0.489. The summed E-state index contributed by atoms with van der Waals surface area (Å²) in [7, 11) is 1.66. The Hall–Kier alpha value is -0.890. The first-order chi connectivity index (χ1) is 6.20. The van der Waals surface area contributed by atoms with Crippen molar-refractivity contribution >= 4 is 6.29 Å². The standard InChI is InChI=1S/C11H16O2/c1-8(2)10-5-4-9(7-13-3)11(10)6-12/h6,10H,1,4-5,7H2,2-3H3/t10-/m0/s1. The van der Waals surface area contributed by atoms with E-state index in [1.165, 1.54) is 0 Å². The fourth-order valence-electron chi connectivity index (χ4n) is 1.87. The predicted octanol–water partition coefficient (Wildman–Crippen LogP) is 2.11. The van der Waals surface area contributed by atoms with Crippen molar-refractivity contribution in [3.63, 3.8) is 0 Å². The molecular weight excluding hydrogens is 164 g/mol. The normalized spacial score (nSPS) is 22.2. The molecule has 13 heavy (non-hydrogen) atoms. The van der Waals surface area contributed by atoms with Crippen LogP contribution in [0.5, 0.6) is 0 Å². The molecule has 0 amide bonds. The summed E-state index contributed by atoms with van der Waals surface area (Å²) in [5.41, 5.74) is 3.12. The number of allylic oxidation sites excluding steroid dienone is 2. The molecule has 0 aromatic carbocycles. The molecule has 0 saturated carbocycles. The van der Waals surface area contributed by atoms with Gasteiger partial charge >= 0.3 is 0 Å². The van der Waals surface area contributed by atoms with Gasteiger partial charge in [0.1, 0.15) is 6.29 Å². The number of methoxy groups -OCH3 is 1. The molecule has 0 N–H and O–H groups in total. The number of ether oxygens (including phenoxy) is 1. The minimum Gasteiger partial charge on any atom is -0.380 e. The second-order valence-corrected chi connectivity index (χ2v) is 3.55. The number of rotatable bonds is 4. The second-order valence-electron chi connectivity index (χ2n) is 3.55. The summed E-state index contributed by atoms with van der Waals surface area (Å²) >= 11 is 0. The lowest BCUT2D eigenvalue weighted by Crippen LogP contribution is -2.03. The van der Waals surface area contributed by atoms with Crippen molar-refractivity contribution < 1.29 is 9.53 Å². The number of hydrogen-bond acceptors (Lipinski definition) is 2. The Morgan fingerprint density at radius 3 is 2.92 bits per heavy atom. The van der Waals surface area contributed by atoms with Gasteiger partial charge < -0.3 is 4.74 Å². The van der Waals surface area contributed by atoms with Crippen LogP contribution in [0.25, 0.3) is 0 Å². The van der Waals surface area contributed by atoms with Crippen molar-refractivity contribution in [2.75, 3.05) is 13.7 Å². The van der Waals surface area contributed by atoms with E-state index in [-0.39, 0.29) is 5.92 Å². The topological polar surface area (TPSA) is 26.3 Å². The fourth-order valence-corrected chi connectivity index (χ4v) is 1.87. The Morgan fingerprint density at radius 1 is 1.77 bits per heavy atom. The maximum absolute atomic E-state index is 10.9. The van der Waals surface area contributed by atoms with Gasteiger partial charge in [0.05, 0.1) is 6.61 Å². The van der Waals surface area contributed by atoms with Gasteiger partial charge in [-0.3, -0.25) is 4.79 Å². The monoisotopic (exact) mass is 180 g/mol. The van der Waals surface area contributed by atoms with Gasteiger partial charge in [-0.15, -0.1) is 0 Å². The van der Waals surface area contributed by atoms with E-state index in [4.69, 9.17) is 4.74 Å². The van der Waals surface area contributed by atoms with Crippen LogP contribution in [0.1, 0.15) is 19.8 Å². The Bertz CT molecular complexity index is 251. The first-order valence-electron chi connectivity index (χ1n) is 4.52. The summed E-state index contributed by atoms with van der Waals surface area (Å²) in [6.45, 7) is 6.45. The molecule has 1 atom stereocenters. The molecule has 0 spiro atoms. The number of carbonyl (C=O) groups excluding carboxylic acids is 1. The Balaban J connectivity index is 2.84. The average Bonchev–Trinajstić information content (AvgIpc) is 2.48. The summed E-state index contributed by atoms with van der Waals surface area (Å²) < 4.78 is 5.04. The molecule has 1 aliphatic carbocycles. The zero-order valence-corrected chi connectivity index (χ0v) is 8.30. The van der Waals surface area contributed by atoms with Crippen LogP contribution in [0.15, 0.2) is 23.3 Å². The van der Waals surface area contributed by atoms with E-state index in [1.807, 2.05) is 6.92 Å². The van der Waals surface area contributed by atoms with Crippen LogP contribution in [-0.4, -0.2) is 20.0 Å². The first-order valence-corrected chi connectivity index (χ1v) is 4.52. The Morgan fingerprint density at radius 2 is 2.46 bits per heavy atom. The highest BCUT2D eigenvalue weighted by Gasteiger charge is 2.25. The van der Waals surface area contributed by atoms with Gasteiger partial charge in [0, 0.05) is 18.6 Å². The van der Waals surface area contributed by atoms with Gasteiger partial charge in [-0.25, -0.2) is 0 Å². The SMILES string of the molecule is C=C(C)[C@@H]1CCC(COC)=C1C=O. The van der Waals surface area contributed by atoms with Gasteiger partial charge in [0.15, 0.2) is 0 Å². The summed E-state index contributed by atoms with van der Waals surface area (Å²) in [6, 6.07) is 0. The second kappa shape index (κ2) is 4.38. The maximum atomic E-state index is 10.9. The minimum atomic E-state index is 0.266. The molecule has 0 heterocycles. The Kier molecular flexibility index (Phi) is 3.43. The molecule has 0 saturated heterocycles. The third-order valence-electron chi connectivity index (χ3n) is 2.56. The lowest BCUT2D eigenvalue weighted by Gasteiger charge is -2.09. The Labute approximate surface area is 79.3 Å². The van der Waals surface area contributed by atoms with E-state index in [9.17, 15) is 4.79 Å². The molecule has 1 rings (SSSR count). The van der Waals surface area contributed by atoms with Crippen LogP contribution in [0, 0.1) is 5.92 Å². The molecule has 2 heteroatoms. The summed E-state index contributed by atoms with van der Waals surface area (Å²) in [5, 5.41) is 0. The van der Waals surface area contributed by atoms with Gasteiger partial charge in [-0.1, -0.05) is 12.2 Å². The molecule has 0 radical (unpaired) electrons. The van der Waals surface area contributed by atoms with Gasteiger partial charge in [-0.2, -0.15) is 0 Å². The van der Waals surface area contributed by atoms with Gasteiger partial charge in [0.25, 0.3) is 0 Å². The highest BCUT2D eigenvalue weighted by molar-refractivity contribution is 5.77. The highest BCUT2D eigenvalue weighted by atomic mass is 16.5. The van der Waals surface area contributed by atoms with Crippen LogP contribution in [0.2, 0.25) is 0 Å².